The largest absolute Gasteiger partial charge is 0.490 e. The van der Waals surface area contributed by atoms with E-state index in [-0.39, 0.29) is 12.5 Å². The van der Waals surface area contributed by atoms with Gasteiger partial charge in [0.1, 0.15) is 34.7 Å². The van der Waals surface area contributed by atoms with Gasteiger partial charge in [0, 0.05) is 78.4 Å². The summed E-state index contributed by atoms with van der Waals surface area (Å²) in [5.41, 5.74) is 3.02. The van der Waals surface area contributed by atoms with Gasteiger partial charge in [0.15, 0.2) is 0 Å². The van der Waals surface area contributed by atoms with E-state index in [0.29, 0.717) is 74.3 Å². The fraction of sp³-hybridized carbons (Fsp3) is 0.367. The Bertz CT molecular complexity index is 1830. The summed E-state index contributed by atoms with van der Waals surface area (Å²) in [5.74, 6) is 0.575. The van der Waals surface area contributed by atoms with Gasteiger partial charge in [-0.1, -0.05) is 6.58 Å². The molecule has 0 unspecified atom stereocenters. The highest BCUT2D eigenvalue weighted by atomic mass is 32.2. The Hall–Kier alpha value is -3.43. The Kier molecular flexibility index (Phi) is 8.70. The molecule has 2 aliphatic heterocycles. The molecule has 0 saturated carbocycles. The first kappa shape index (κ1) is 30.6. The van der Waals surface area contributed by atoms with Gasteiger partial charge in [0.25, 0.3) is 0 Å². The number of hydrogen-bond donors (Lipinski definition) is 0. The molecular formula is C30H32FN5O5S3. The maximum absolute atomic E-state index is 14.5. The minimum absolute atomic E-state index is 0.121. The number of ether oxygens (including phenoxy) is 2. The second kappa shape index (κ2) is 12.5. The van der Waals surface area contributed by atoms with Crippen LogP contribution in [0.3, 0.4) is 0 Å². The van der Waals surface area contributed by atoms with E-state index in [1.165, 1.54) is 40.1 Å². The van der Waals surface area contributed by atoms with E-state index in [1.54, 1.807) is 29.4 Å². The maximum atomic E-state index is 14.5. The third kappa shape index (κ3) is 5.96. The number of thiazole rings is 1. The molecule has 0 atom stereocenters. The van der Waals surface area contributed by atoms with E-state index in [2.05, 4.69) is 11.5 Å². The number of halogens is 1. The van der Waals surface area contributed by atoms with Crippen molar-refractivity contribution in [2.24, 2.45) is 0 Å². The summed E-state index contributed by atoms with van der Waals surface area (Å²) in [6.45, 7) is 6.89. The van der Waals surface area contributed by atoms with Crippen LogP contribution in [0.25, 0.3) is 31.9 Å². The van der Waals surface area contributed by atoms with E-state index >= 15 is 0 Å². The number of anilines is 1. The standard InChI is InChI=1S/C30H32FN5O5S3/c1-4-25(37)35-9-7-22-24(18-35)43-30(32-22)27-26(20-6-5-19(31)17-23(20)41-15-14-40-2)28-21(8-16-42-28)29(33-27)34-10-12-36(13-11-34)44(3,38)39/h4-6,8,16-17H,1,7,9-15,18H2,2-3H3. The fourth-order valence-corrected chi connectivity index (χ4v) is 8.45. The number of hydrogen-bond acceptors (Lipinski definition) is 10. The number of fused-ring (bicyclic) bond motifs is 2. The van der Waals surface area contributed by atoms with Gasteiger partial charge in [-0.2, -0.15) is 4.31 Å². The van der Waals surface area contributed by atoms with Crippen LogP contribution in [0, 0.1) is 5.82 Å². The number of aromatic nitrogens is 2. The van der Waals surface area contributed by atoms with Gasteiger partial charge in [-0.05, 0) is 29.7 Å². The summed E-state index contributed by atoms with van der Waals surface area (Å²) in [6, 6.07) is 6.50. The number of methoxy groups -OCH3 is 1. The highest BCUT2D eigenvalue weighted by Gasteiger charge is 2.30. The second-order valence-corrected chi connectivity index (χ2v) is 14.5. The lowest BCUT2D eigenvalue weighted by molar-refractivity contribution is -0.126. The first-order valence-electron chi connectivity index (χ1n) is 14.1. The van der Waals surface area contributed by atoms with Crippen molar-refractivity contribution >= 4 is 54.5 Å². The lowest BCUT2D eigenvalue weighted by Crippen LogP contribution is -2.48. The molecule has 1 aromatic carbocycles. The summed E-state index contributed by atoms with van der Waals surface area (Å²) in [4.78, 5) is 27.5. The molecule has 0 spiro atoms. The molecule has 0 bridgehead atoms. The van der Waals surface area contributed by atoms with E-state index in [4.69, 9.17) is 19.4 Å². The van der Waals surface area contributed by atoms with Crippen molar-refractivity contribution in [1.82, 2.24) is 19.2 Å². The van der Waals surface area contributed by atoms with Crippen molar-refractivity contribution in [2.75, 3.05) is 64.2 Å². The molecule has 10 nitrogen and oxygen atoms in total. The van der Waals surface area contributed by atoms with Gasteiger partial charge in [-0.3, -0.25) is 4.79 Å². The molecule has 1 amide bonds. The monoisotopic (exact) mass is 657 g/mol. The first-order chi connectivity index (χ1) is 21.2. The summed E-state index contributed by atoms with van der Waals surface area (Å²) >= 11 is 3.04. The summed E-state index contributed by atoms with van der Waals surface area (Å²) in [7, 11) is -1.72. The Balaban J connectivity index is 1.51. The lowest BCUT2D eigenvalue weighted by Gasteiger charge is -2.34. The quantitative estimate of drug-likeness (QED) is 0.193. The smallest absolute Gasteiger partial charge is 0.246 e. The van der Waals surface area contributed by atoms with Crippen molar-refractivity contribution in [3.63, 3.8) is 0 Å². The normalized spacial score (nSPS) is 15.9. The number of pyridine rings is 1. The van der Waals surface area contributed by atoms with Gasteiger partial charge in [-0.25, -0.2) is 22.8 Å². The van der Waals surface area contributed by atoms with Crippen LogP contribution >= 0.6 is 22.7 Å². The molecule has 44 heavy (non-hydrogen) atoms. The Labute approximate surface area is 263 Å². The van der Waals surface area contributed by atoms with Crippen LogP contribution in [0.2, 0.25) is 0 Å². The maximum Gasteiger partial charge on any atom is 0.246 e. The zero-order valence-electron chi connectivity index (χ0n) is 24.4. The van der Waals surface area contributed by atoms with E-state index in [1.807, 2.05) is 11.4 Å². The Morgan fingerprint density at radius 1 is 1.14 bits per heavy atom. The topological polar surface area (TPSA) is 105 Å². The number of amides is 1. The molecule has 0 radical (unpaired) electrons. The zero-order chi connectivity index (χ0) is 31.0. The minimum atomic E-state index is -3.30. The zero-order valence-corrected chi connectivity index (χ0v) is 26.9. The van der Waals surface area contributed by atoms with Gasteiger partial charge in [-0.15, -0.1) is 22.7 Å². The molecule has 2 aliphatic rings. The number of benzene rings is 1. The van der Waals surface area contributed by atoms with E-state index < -0.39 is 15.8 Å². The third-order valence-corrected chi connectivity index (χ3v) is 11.1. The van der Waals surface area contributed by atoms with Crippen LogP contribution < -0.4 is 9.64 Å². The van der Waals surface area contributed by atoms with Crippen molar-refractivity contribution in [1.29, 1.82) is 0 Å². The predicted octanol–water partition coefficient (Wildman–Crippen LogP) is 4.40. The Morgan fingerprint density at radius 3 is 2.66 bits per heavy atom. The second-order valence-electron chi connectivity index (χ2n) is 10.6. The van der Waals surface area contributed by atoms with Gasteiger partial charge in [0.05, 0.1) is 25.1 Å². The number of nitrogens with zero attached hydrogens (tertiary/aromatic N) is 5. The van der Waals surface area contributed by atoms with Crippen molar-refractivity contribution < 1.29 is 27.1 Å². The van der Waals surface area contributed by atoms with Crippen LogP contribution in [-0.2, 0) is 32.5 Å². The number of carbonyl (C=O) groups excluding carboxylic acids is 1. The molecule has 1 saturated heterocycles. The SMILES string of the molecule is C=CC(=O)N1CCc2nc(-c3nc(N4CCN(S(C)(=O)=O)CC4)c4ccsc4c3-c3ccc(F)cc3OCCOC)sc2C1. The molecule has 0 N–H and O–H groups in total. The van der Waals surface area contributed by atoms with Crippen molar-refractivity contribution in [3.8, 4) is 27.6 Å². The summed E-state index contributed by atoms with van der Waals surface area (Å²) < 4.78 is 52.5. The number of piperazine rings is 1. The molecule has 3 aromatic heterocycles. The van der Waals surface area contributed by atoms with Crippen LogP contribution in [0.1, 0.15) is 10.6 Å². The number of rotatable bonds is 9. The number of sulfonamides is 1. The summed E-state index contributed by atoms with van der Waals surface area (Å²) in [5, 5.41) is 3.60. The third-order valence-electron chi connectivity index (χ3n) is 7.77. The molecule has 1 fully saturated rings. The highest BCUT2D eigenvalue weighted by Crippen LogP contribution is 2.47. The van der Waals surface area contributed by atoms with E-state index in [0.717, 1.165) is 32.0 Å². The molecule has 0 aliphatic carbocycles. The molecule has 4 aromatic rings. The summed E-state index contributed by atoms with van der Waals surface area (Å²) in [6.07, 6.45) is 3.17. The van der Waals surface area contributed by atoms with E-state index in [9.17, 15) is 17.6 Å². The predicted molar refractivity (Wildman–Crippen MR) is 171 cm³/mol. The molecule has 232 valence electrons. The van der Waals surface area contributed by atoms with Gasteiger partial charge >= 0.3 is 0 Å². The van der Waals surface area contributed by atoms with Crippen LogP contribution in [0.4, 0.5) is 10.2 Å². The first-order valence-corrected chi connectivity index (χ1v) is 17.7. The highest BCUT2D eigenvalue weighted by molar-refractivity contribution is 7.88. The molecule has 14 heteroatoms. The van der Waals surface area contributed by atoms with Crippen molar-refractivity contribution in [2.45, 2.75) is 13.0 Å². The fourth-order valence-electron chi connectivity index (χ4n) is 5.56. The molecule has 6 rings (SSSR count). The molecular weight excluding hydrogens is 626 g/mol. The Morgan fingerprint density at radius 2 is 1.93 bits per heavy atom. The van der Waals surface area contributed by atoms with Crippen LogP contribution in [-0.4, -0.2) is 92.8 Å². The lowest BCUT2D eigenvalue weighted by atomic mass is 10.0. The molecule has 5 heterocycles. The minimum Gasteiger partial charge on any atom is -0.490 e. The van der Waals surface area contributed by atoms with Gasteiger partial charge in [0.2, 0.25) is 15.9 Å². The van der Waals surface area contributed by atoms with Crippen LogP contribution in [0.15, 0.2) is 42.3 Å². The number of thiophene rings is 1. The van der Waals surface area contributed by atoms with Gasteiger partial charge < -0.3 is 19.3 Å². The van der Waals surface area contributed by atoms with Crippen LogP contribution in [0.5, 0.6) is 5.75 Å². The average molecular weight is 658 g/mol. The number of carbonyl (C=O) groups is 1. The van der Waals surface area contributed by atoms with Crippen molar-refractivity contribution in [3.05, 3.63) is 58.7 Å². The average Bonchev–Trinajstić information content (AvgIpc) is 3.67.